The molecule has 1 aliphatic heterocycles. The van der Waals surface area contributed by atoms with Gasteiger partial charge in [-0.15, -0.1) is 0 Å². The zero-order valence-corrected chi connectivity index (χ0v) is 13.2. The monoisotopic (exact) mass is 330 g/mol. The fourth-order valence-electron chi connectivity index (χ4n) is 2.25. The van der Waals surface area contributed by atoms with E-state index in [0.29, 0.717) is 6.61 Å². The minimum atomic E-state index is -3.87. The van der Waals surface area contributed by atoms with Crippen LogP contribution in [-0.2, 0) is 19.6 Å². The summed E-state index contributed by atoms with van der Waals surface area (Å²) in [5.74, 6) is -0.929. The maximum absolute atomic E-state index is 13.7. The Hall–Kier alpha value is -1.51. The van der Waals surface area contributed by atoms with Gasteiger partial charge in [0.15, 0.2) is 0 Å². The lowest BCUT2D eigenvalue weighted by molar-refractivity contribution is -0.137. The fraction of sp³-hybridized carbons (Fsp3) is 0.500. The zero-order chi connectivity index (χ0) is 16.2. The van der Waals surface area contributed by atoms with E-state index in [-0.39, 0.29) is 43.6 Å². The molecule has 122 valence electrons. The Bertz CT molecular complexity index is 627. The van der Waals surface area contributed by atoms with Crippen molar-refractivity contribution < 1.29 is 22.3 Å². The molecule has 0 unspecified atom stereocenters. The van der Waals surface area contributed by atoms with Crippen molar-refractivity contribution in [3.05, 3.63) is 30.1 Å². The highest BCUT2D eigenvalue weighted by molar-refractivity contribution is 7.89. The second kappa shape index (κ2) is 7.17. The molecule has 1 fully saturated rings. The van der Waals surface area contributed by atoms with Crippen LogP contribution in [0.1, 0.15) is 6.92 Å². The van der Waals surface area contributed by atoms with Crippen LogP contribution < -0.4 is 0 Å². The average Bonchev–Trinajstić information content (AvgIpc) is 2.53. The van der Waals surface area contributed by atoms with Crippen molar-refractivity contribution in [3.63, 3.8) is 0 Å². The SMILES string of the molecule is CCOCC(=O)N1CCN(S(=O)(=O)c2ccccc2F)CC1. The van der Waals surface area contributed by atoms with Gasteiger partial charge in [0.25, 0.3) is 0 Å². The molecule has 8 heteroatoms. The van der Waals surface area contributed by atoms with Crippen LogP contribution >= 0.6 is 0 Å². The number of rotatable bonds is 5. The summed E-state index contributed by atoms with van der Waals surface area (Å²) in [5.41, 5.74) is 0. The number of halogens is 1. The summed E-state index contributed by atoms with van der Waals surface area (Å²) in [7, 11) is -3.87. The normalized spacial score (nSPS) is 16.7. The van der Waals surface area contributed by atoms with Gasteiger partial charge in [-0.3, -0.25) is 4.79 Å². The number of hydrogen-bond acceptors (Lipinski definition) is 4. The molecule has 1 aliphatic rings. The maximum atomic E-state index is 13.7. The number of piperazine rings is 1. The summed E-state index contributed by atoms with van der Waals surface area (Å²) >= 11 is 0. The average molecular weight is 330 g/mol. The molecule has 0 radical (unpaired) electrons. The van der Waals surface area contributed by atoms with Crippen molar-refractivity contribution in [2.75, 3.05) is 39.4 Å². The van der Waals surface area contributed by atoms with Crippen LogP contribution in [-0.4, -0.2) is 62.9 Å². The van der Waals surface area contributed by atoms with Crippen LogP contribution in [0.25, 0.3) is 0 Å². The summed E-state index contributed by atoms with van der Waals surface area (Å²) < 4.78 is 44.8. The molecule has 0 atom stereocenters. The molecular formula is C14H19FN2O4S. The lowest BCUT2D eigenvalue weighted by Gasteiger charge is -2.34. The Morgan fingerprint density at radius 2 is 1.86 bits per heavy atom. The number of nitrogens with zero attached hydrogens (tertiary/aromatic N) is 2. The number of ether oxygens (including phenoxy) is 1. The van der Waals surface area contributed by atoms with E-state index in [9.17, 15) is 17.6 Å². The van der Waals surface area contributed by atoms with Gasteiger partial charge in [-0.1, -0.05) is 12.1 Å². The third kappa shape index (κ3) is 3.63. The summed E-state index contributed by atoms with van der Waals surface area (Å²) in [4.78, 5) is 13.0. The smallest absolute Gasteiger partial charge is 0.248 e. The minimum Gasteiger partial charge on any atom is -0.372 e. The molecule has 1 aromatic rings. The Kier molecular flexibility index (Phi) is 5.49. The van der Waals surface area contributed by atoms with Crippen molar-refractivity contribution in [2.45, 2.75) is 11.8 Å². The predicted molar refractivity (Wildman–Crippen MR) is 78.2 cm³/mol. The summed E-state index contributed by atoms with van der Waals surface area (Å²) in [6.45, 7) is 3.10. The lowest BCUT2D eigenvalue weighted by Crippen LogP contribution is -2.51. The lowest BCUT2D eigenvalue weighted by atomic mass is 10.3. The highest BCUT2D eigenvalue weighted by Gasteiger charge is 2.31. The van der Waals surface area contributed by atoms with Gasteiger partial charge < -0.3 is 9.64 Å². The molecular weight excluding hydrogens is 311 g/mol. The van der Waals surface area contributed by atoms with Crippen LogP contribution in [0.4, 0.5) is 4.39 Å². The first kappa shape index (κ1) is 16.9. The van der Waals surface area contributed by atoms with Gasteiger partial charge in [0.05, 0.1) is 0 Å². The summed E-state index contributed by atoms with van der Waals surface area (Å²) in [6, 6.07) is 5.29. The van der Waals surface area contributed by atoms with Gasteiger partial charge >= 0.3 is 0 Å². The van der Waals surface area contributed by atoms with Crippen LogP contribution in [0.2, 0.25) is 0 Å². The Balaban J connectivity index is 2.02. The Morgan fingerprint density at radius 1 is 1.23 bits per heavy atom. The Labute approximate surface area is 129 Å². The topological polar surface area (TPSA) is 66.9 Å². The number of hydrogen-bond donors (Lipinski definition) is 0. The molecule has 2 rings (SSSR count). The molecule has 0 aliphatic carbocycles. The number of carbonyl (C=O) groups is 1. The fourth-order valence-corrected chi connectivity index (χ4v) is 3.74. The van der Waals surface area contributed by atoms with Gasteiger partial charge in [0.1, 0.15) is 17.3 Å². The van der Waals surface area contributed by atoms with Crippen molar-refractivity contribution in [1.82, 2.24) is 9.21 Å². The quantitative estimate of drug-likeness (QED) is 0.797. The van der Waals surface area contributed by atoms with Crippen LogP contribution in [0.5, 0.6) is 0 Å². The van der Waals surface area contributed by atoms with Gasteiger partial charge in [-0.25, -0.2) is 12.8 Å². The molecule has 0 N–H and O–H groups in total. The van der Waals surface area contributed by atoms with E-state index in [1.165, 1.54) is 22.5 Å². The zero-order valence-electron chi connectivity index (χ0n) is 12.4. The van der Waals surface area contributed by atoms with E-state index in [1.54, 1.807) is 11.8 Å². The largest absolute Gasteiger partial charge is 0.372 e. The van der Waals surface area contributed by atoms with E-state index in [0.717, 1.165) is 6.07 Å². The van der Waals surface area contributed by atoms with E-state index in [2.05, 4.69) is 0 Å². The molecule has 0 aromatic heterocycles. The first-order valence-corrected chi connectivity index (χ1v) is 8.51. The second-order valence-corrected chi connectivity index (χ2v) is 6.76. The van der Waals surface area contributed by atoms with Crippen molar-refractivity contribution in [3.8, 4) is 0 Å². The molecule has 1 saturated heterocycles. The molecule has 0 bridgehead atoms. The summed E-state index contributed by atoms with van der Waals surface area (Å²) in [5, 5.41) is 0. The second-order valence-electron chi connectivity index (χ2n) is 4.85. The van der Waals surface area contributed by atoms with E-state index >= 15 is 0 Å². The molecule has 0 saturated carbocycles. The minimum absolute atomic E-state index is 0.00341. The highest BCUT2D eigenvalue weighted by atomic mass is 32.2. The number of benzene rings is 1. The highest BCUT2D eigenvalue weighted by Crippen LogP contribution is 2.20. The number of sulfonamides is 1. The van der Waals surface area contributed by atoms with Crippen LogP contribution in [0.15, 0.2) is 29.2 Å². The van der Waals surface area contributed by atoms with Crippen molar-refractivity contribution in [1.29, 1.82) is 0 Å². The van der Waals surface area contributed by atoms with Gasteiger partial charge in [0.2, 0.25) is 15.9 Å². The number of carbonyl (C=O) groups excluding carboxylic acids is 1. The molecule has 0 spiro atoms. The van der Waals surface area contributed by atoms with E-state index in [1.807, 2.05) is 0 Å². The molecule has 1 amide bonds. The van der Waals surface area contributed by atoms with Crippen LogP contribution in [0, 0.1) is 5.82 Å². The molecule has 6 nitrogen and oxygen atoms in total. The third-order valence-electron chi connectivity index (χ3n) is 3.48. The standard InChI is InChI=1S/C14H19FN2O4S/c1-2-21-11-14(18)16-7-9-17(10-8-16)22(19,20)13-6-4-3-5-12(13)15/h3-6H,2,7-11H2,1H3. The first-order valence-electron chi connectivity index (χ1n) is 7.07. The van der Waals surface area contributed by atoms with Crippen molar-refractivity contribution >= 4 is 15.9 Å². The number of amides is 1. The third-order valence-corrected chi connectivity index (χ3v) is 5.41. The van der Waals surface area contributed by atoms with E-state index < -0.39 is 15.8 Å². The molecule has 22 heavy (non-hydrogen) atoms. The van der Waals surface area contributed by atoms with Gasteiger partial charge in [-0.05, 0) is 19.1 Å². The summed E-state index contributed by atoms with van der Waals surface area (Å²) in [6.07, 6.45) is 0. The first-order chi connectivity index (χ1) is 10.5. The Morgan fingerprint density at radius 3 is 2.45 bits per heavy atom. The van der Waals surface area contributed by atoms with Crippen LogP contribution in [0.3, 0.4) is 0 Å². The van der Waals surface area contributed by atoms with Gasteiger partial charge in [-0.2, -0.15) is 4.31 Å². The predicted octanol–water partition coefficient (Wildman–Crippen LogP) is 0.695. The molecule has 1 heterocycles. The maximum Gasteiger partial charge on any atom is 0.248 e. The molecule has 1 aromatic carbocycles. The van der Waals surface area contributed by atoms with E-state index in [4.69, 9.17) is 4.74 Å². The van der Waals surface area contributed by atoms with Gasteiger partial charge in [0, 0.05) is 32.8 Å². The van der Waals surface area contributed by atoms with Crippen molar-refractivity contribution in [2.24, 2.45) is 0 Å².